The largest absolute Gasteiger partial charge is 0.507 e. The highest BCUT2D eigenvalue weighted by atomic mass is 16.5. The van der Waals surface area contributed by atoms with E-state index >= 15 is 0 Å². The van der Waals surface area contributed by atoms with E-state index in [-0.39, 0.29) is 11.9 Å². The highest BCUT2D eigenvalue weighted by molar-refractivity contribution is 5.88. The molecule has 4 nitrogen and oxygen atoms in total. The van der Waals surface area contributed by atoms with Crippen LogP contribution in [0.25, 0.3) is 11.0 Å². The van der Waals surface area contributed by atoms with Crippen molar-refractivity contribution in [3.63, 3.8) is 0 Å². The number of ether oxygens (including phenoxy) is 1. The molecule has 0 aliphatic carbocycles. The van der Waals surface area contributed by atoms with Crippen LogP contribution >= 0.6 is 0 Å². The minimum absolute atomic E-state index is 0.0508. The van der Waals surface area contributed by atoms with Gasteiger partial charge in [-0.15, -0.1) is 0 Å². The van der Waals surface area contributed by atoms with Crippen LogP contribution in [0.15, 0.2) is 39.6 Å². The molecule has 0 unspecified atom stereocenters. The van der Waals surface area contributed by atoms with Crippen LogP contribution in [0.4, 0.5) is 0 Å². The molecule has 0 bridgehead atoms. The fourth-order valence-corrected chi connectivity index (χ4v) is 2.20. The molecule has 18 heavy (non-hydrogen) atoms. The minimum Gasteiger partial charge on any atom is -0.507 e. The third-order valence-corrected chi connectivity index (χ3v) is 3.16. The van der Waals surface area contributed by atoms with Crippen molar-refractivity contribution in [1.29, 1.82) is 0 Å². The molecule has 92 valence electrons. The van der Waals surface area contributed by atoms with Crippen molar-refractivity contribution in [1.82, 2.24) is 0 Å². The zero-order valence-electron chi connectivity index (χ0n) is 9.90. The normalized spacial score (nSPS) is 17.5. The Bertz CT molecular complexity index is 712. The van der Waals surface area contributed by atoms with Crippen molar-refractivity contribution in [2.75, 3.05) is 0 Å². The van der Waals surface area contributed by atoms with Crippen LogP contribution in [-0.2, 0) is 6.42 Å². The third kappa shape index (κ3) is 1.49. The van der Waals surface area contributed by atoms with Gasteiger partial charge in [0.25, 0.3) is 0 Å². The van der Waals surface area contributed by atoms with Crippen LogP contribution in [0.2, 0.25) is 0 Å². The molecule has 0 radical (unpaired) electrons. The van der Waals surface area contributed by atoms with Crippen LogP contribution in [0.1, 0.15) is 12.5 Å². The Morgan fingerprint density at radius 3 is 3.00 bits per heavy atom. The second-order valence-electron chi connectivity index (χ2n) is 4.53. The fraction of sp³-hybridized carbons (Fsp3) is 0.214. The molecule has 0 fully saturated rings. The summed E-state index contributed by atoms with van der Waals surface area (Å²) in [5, 5.41) is 10.4. The minimum atomic E-state index is -0.436. The zero-order valence-corrected chi connectivity index (χ0v) is 9.90. The Kier molecular flexibility index (Phi) is 2.20. The first-order chi connectivity index (χ1) is 8.56. The Morgan fingerprint density at radius 1 is 1.50 bits per heavy atom. The van der Waals surface area contributed by atoms with Gasteiger partial charge in [0.1, 0.15) is 23.2 Å². The van der Waals surface area contributed by atoms with Gasteiger partial charge in [-0.3, -0.25) is 0 Å². The second-order valence-corrected chi connectivity index (χ2v) is 4.53. The lowest BCUT2D eigenvalue weighted by Gasteiger charge is -2.08. The number of hydrogen-bond acceptors (Lipinski definition) is 4. The summed E-state index contributed by atoms with van der Waals surface area (Å²) in [6, 6.07) is 4.41. The van der Waals surface area contributed by atoms with E-state index in [0.29, 0.717) is 23.1 Å². The van der Waals surface area contributed by atoms with Gasteiger partial charge in [-0.25, -0.2) is 4.79 Å². The first kappa shape index (κ1) is 10.9. The van der Waals surface area contributed by atoms with Crippen molar-refractivity contribution in [3.05, 3.63) is 46.3 Å². The standard InChI is InChI=1S/C14H12O4/c1-7(2)11-5-9-12(17-11)6-10(15)8-3-4-13(16)18-14(8)9/h3-4,6,11,15H,1,5H2,2H3/t11-/m1/s1. The van der Waals surface area contributed by atoms with E-state index in [9.17, 15) is 9.90 Å². The van der Waals surface area contributed by atoms with E-state index in [4.69, 9.17) is 9.15 Å². The molecule has 1 atom stereocenters. The van der Waals surface area contributed by atoms with Crippen molar-refractivity contribution in [2.24, 2.45) is 0 Å². The van der Waals surface area contributed by atoms with E-state index < -0.39 is 5.63 Å². The predicted octanol–water partition coefficient (Wildman–Crippen LogP) is 2.38. The quantitative estimate of drug-likeness (QED) is 0.618. The van der Waals surface area contributed by atoms with E-state index in [1.807, 2.05) is 6.92 Å². The highest BCUT2D eigenvalue weighted by Crippen LogP contribution is 2.40. The monoisotopic (exact) mass is 244 g/mol. The van der Waals surface area contributed by atoms with Crippen molar-refractivity contribution < 1.29 is 14.3 Å². The molecule has 2 aromatic rings. The number of rotatable bonds is 1. The molecule has 1 aliphatic rings. The Labute approximate surface area is 103 Å². The summed E-state index contributed by atoms with van der Waals surface area (Å²) < 4.78 is 10.9. The first-order valence-corrected chi connectivity index (χ1v) is 5.67. The van der Waals surface area contributed by atoms with Gasteiger partial charge in [-0.2, -0.15) is 0 Å². The van der Waals surface area contributed by atoms with Gasteiger partial charge in [0.2, 0.25) is 0 Å². The molecule has 4 heteroatoms. The summed E-state index contributed by atoms with van der Waals surface area (Å²) in [4.78, 5) is 11.3. The molecule has 1 N–H and O–H groups in total. The lowest BCUT2D eigenvalue weighted by atomic mass is 10.0. The summed E-state index contributed by atoms with van der Waals surface area (Å²) in [5.41, 5.74) is 1.68. The SMILES string of the molecule is C=C(C)[C@H]1Cc2c(cc(O)c3ccc(=O)oc23)O1. The number of phenols is 1. The summed E-state index contributed by atoms with van der Waals surface area (Å²) >= 11 is 0. The molecule has 0 saturated heterocycles. The number of hydrogen-bond donors (Lipinski definition) is 1. The van der Waals surface area contributed by atoms with Crippen LogP contribution < -0.4 is 10.4 Å². The second kappa shape index (κ2) is 3.63. The Balaban J connectivity index is 2.28. The molecular formula is C14H12O4. The number of benzene rings is 1. The van der Waals surface area contributed by atoms with Gasteiger partial charge in [0.15, 0.2) is 0 Å². The average Bonchev–Trinajstić information content (AvgIpc) is 2.73. The van der Waals surface area contributed by atoms with E-state index in [0.717, 1.165) is 11.1 Å². The maximum absolute atomic E-state index is 11.3. The molecule has 1 aromatic heterocycles. The summed E-state index contributed by atoms with van der Waals surface area (Å²) in [5.74, 6) is 0.609. The average molecular weight is 244 g/mol. The van der Waals surface area contributed by atoms with Gasteiger partial charge in [-0.05, 0) is 18.6 Å². The molecule has 0 spiro atoms. The van der Waals surface area contributed by atoms with Gasteiger partial charge in [0, 0.05) is 24.1 Å². The summed E-state index contributed by atoms with van der Waals surface area (Å²) in [7, 11) is 0. The maximum Gasteiger partial charge on any atom is 0.336 e. The number of phenolic OH excluding ortho intramolecular Hbond substituents is 1. The van der Waals surface area contributed by atoms with Crippen molar-refractivity contribution in [3.8, 4) is 11.5 Å². The number of aromatic hydroxyl groups is 1. The molecule has 1 aromatic carbocycles. The van der Waals surface area contributed by atoms with Gasteiger partial charge in [0.05, 0.1) is 5.39 Å². The molecule has 1 aliphatic heterocycles. The topological polar surface area (TPSA) is 59.7 Å². The summed E-state index contributed by atoms with van der Waals surface area (Å²) in [6.07, 6.45) is 0.476. The summed E-state index contributed by atoms with van der Waals surface area (Å²) in [6.45, 7) is 5.74. The third-order valence-electron chi connectivity index (χ3n) is 3.16. The van der Waals surface area contributed by atoms with Crippen molar-refractivity contribution in [2.45, 2.75) is 19.4 Å². The lowest BCUT2D eigenvalue weighted by molar-refractivity contribution is 0.270. The van der Waals surface area contributed by atoms with Crippen molar-refractivity contribution >= 4 is 11.0 Å². The van der Waals surface area contributed by atoms with Gasteiger partial charge < -0.3 is 14.3 Å². The molecule has 0 saturated carbocycles. The first-order valence-electron chi connectivity index (χ1n) is 5.67. The lowest BCUT2D eigenvalue weighted by Crippen LogP contribution is -2.13. The van der Waals surface area contributed by atoms with Crippen LogP contribution in [0, 0.1) is 0 Å². The molecule has 2 heterocycles. The predicted molar refractivity (Wildman–Crippen MR) is 67.1 cm³/mol. The van der Waals surface area contributed by atoms with E-state index in [2.05, 4.69) is 6.58 Å². The number of fused-ring (bicyclic) bond motifs is 3. The zero-order chi connectivity index (χ0) is 12.9. The Morgan fingerprint density at radius 2 is 2.28 bits per heavy atom. The maximum atomic E-state index is 11.3. The van der Waals surface area contributed by atoms with E-state index in [1.165, 1.54) is 6.07 Å². The molecular weight excluding hydrogens is 232 g/mol. The van der Waals surface area contributed by atoms with Crippen LogP contribution in [0.5, 0.6) is 11.5 Å². The highest BCUT2D eigenvalue weighted by Gasteiger charge is 2.28. The van der Waals surface area contributed by atoms with Gasteiger partial charge >= 0.3 is 5.63 Å². The van der Waals surface area contributed by atoms with E-state index in [1.54, 1.807) is 12.1 Å². The smallest absolute Gasteiger partial charge is 0.336 e. The molecule has 0 amide bonds. The molecule has 3 rings (SSSR count). The van der Waals surface area contributed by atoms with Crippen LogP contribution in [0.3, 0.4) is 0 Å². The van der Waals surface area contributed by atoms with Crippen LogP contribution in [-0.4, -0.2) is 11.2 Å². The fourth-order valence-electron chi connectivity index (χ4n) is 2.20. The Hall–Kier alpha value is -2.23. The van der Waals surface area contributed by atoms with Gasteiger partial charge in [-0.1, -0.05) is 6.58 Å².